The highest BCUT2D eigenvalue weighted by atomic mass is 19.4. The first-order chi connectivity index (χ1) is 12.5. The van der Waals surface area contributed by atoms with Gasteiger partial charge in [-0.3, -0.25) is 9.59 Å². The monoisotopic (exact) mass is 391 g/mol. The number of carbonyl (C=O) groups is 3. The molecule has 1 aliphatic carbocycles. The lowest BCUT2D eigenvalue weighted by molar-refractivity contribution is -0.243. The number of alkyl halides is 3. The highest BCUT2D eigenvalue weighted by Crippen LogP contribution is 2.33. The molecule has 1 heterocycles. The van der Waals surface area contributed by atoms with Gasteiger partial charge in [-0.05, 0) is 39.0 Å². The molecule has 3 atom stereocenters. The Bertz CT molecular complexity index is 621. The number of hydrogen-bond donors (Lipinski definition) is 2. The van der Waals surface area contributed by atoms with Crippen molar-refractivity contribution in [3.63, 3.8) is 0 Å². The lowest BCUT2D eigenvalue weighted by Gasteiger charge is -2.28. The molecule has 2 aliphatic rings. The molecule has 2 N–H and O–H groups in total. The average Bonchev–Trinajstić information content (AvgIpc) is 3.11. The van der Waals surface area contributed by atoms with Gasteiger partial charge in [-0.1, -0.05) is 6.08 Å². The summed E-state index contributed by atoms with van der Waals surface area (Å²) in [6.07, 6.45) is -2.38. The number of halogens is 3. The first kappa shape index (κ1) is 21.0. The van der Waals surface area contributed by atoms with Crippen molar-refractivity contribution in [3.8, 4) is 0 Å². The van der Waals surface area contributed by atoms with Crippen LogP contribution in [0.1, 0.15) is 33.1 Å². The van der Waals surface area contributed by atoms with E-state index in [-0.39, 0.29) is 17.9 Å². The van der Waals surface area contributed by atoms with Crippen molar-refractivity contribution in [2.75, 3.05) is 13.1 Å². The third kappa shape index (κ3) is 5.14. The molecule has 0 bridgehead atoms. The van der Waals surface area contributed by atoms with Gasteiger partial charge in [-0.15, -0.1) is 6.58 Å². The van der Waals surface area contributed by atoms with Crippen molar-refractivity contribution < 1.29 is 32.3 Å². The van der Waals surface area contributed by atoms with Gasteiger partial charge < -0.3 is 20.3 Å². The van der Waals surface area contributed by atoms with Crippen LogP contribution in [0.2, 0.25) is 0 Å². The van der Waals surface area contributed by atoms with E-state index in [4.69, 9.17) is 0 Å². The van der Waals surface area contributed by atoms with Gasteiger partial charge in [0.2, 0.25) is 17.4 Å². The number of nitrogens with zero attached hydrogens (tertiary/aromatic N) is 1. The molecular formula is C17H24F3N3O4. The summed E-state index contributed by atoms with van der Waals surface area (Å²) < 4.78 is 42.5. The van der Waals surface area contributed by atoms with Crippen LogP contribution in [0.25, 0.3) is 0 Å². The van der Waals surface area contributed by atoms with Crippen molar-refractivity contribution in [1.82, 2.24) is 15.5 Å². The molecule has 152 valence electrons. The van der Waals surface area contributed by atoms with E-state index in [1.165, 1.54) is 4.90 Å². The second kappa shape index (κ2) is 7.77. The summed E-state index contributed by atoms with van der Waals surface area (Å²) in [6.45, 7) is 4.89. The van der Waals surface area contributed by atoms with Gasteiger partial charge in [0.25, 0.3) is 0 Å². The number of nitrogens with one attached hydrogen (secondary N) is 2. The Hall–Kier alpha value is -2.26. The van der Waals surface area contributed by atoms with Gasteiger partial charge in [0, 0.05) is 12.6 Å². The first-order valence-electron chi connectivity index (χ1n) is 8.72. The maximum absolute atomic E-state index is 12.7. The number of carbonyl (C=O) groups excluding carboxylic acids is 3. The summed E-state index contributed by atoms with van der Waals surface area (Å²) in [7, 11) is 0. The van der Waals surface area contributed by atoms with Gasteiger partial charge in [0.05, 0.1) is 0 Å². The number of alkyl carbamates (subject to hydrolysis) is 1. The topological polar surface area (TPSA) is 87.7 Å². The van der Waals surface area contributed by atoms with Gasteiger partial charge >= 0.3 is 12.3 Å². The summed E-state index contributed by atoms with van der Waals surface area (Å²) >= 11 is 0. The molecule has 2 rings (SSSR count). The summed E-state index contributed by atoms with van der Waals surface area (Å²) in [6, 6.07) is -0.613. The molecule has 1 unspecified atom stereocenters. The SMILES string of the molecule is C=C[C@@H]1CC1NC(=O)[C@@H]1CCCN1C(=O)CNC(=O)OC(C)(C)C(F)(F)F. The fourth-order valence-electron chi connectivity index (χ4n) is 2.83. The highest BCUT2D eigenvalue weighted by Gasteiger charge is 2.51. The number of hydrogen-bond acceptors (Lipinski definition) is 4. The van der Waals surface area contributed by atoms with Crippen LogP contribution in [0.15, 0.2) is 12.7 Å². The van der Waals surface area contributed by atoms with Gasteiger partial charge in [0.1, 0.15) is 12.6 Å². The zero-order valence-corrected chi connectivity index (χ0v) is 15.3. The Morgan fingerprint density at radius 1 is 1.30 bits per heavy atom. The number of likely N-dealkylation sites (tertiary alicyclic amines) is 1. The molecular weight excluding hydrogens is 367 g/mol. The average molecular weight is 391 g/mol. The Morgan fingerprint density at radius 3 is 2.52 bits per heavy atom. The smallest absolute Gasteiger partial charge is 0.427 e. The van der Waals surface area contributed by atoms with Gasteiger partial charge in [-0.2, -0.15) is 13.2 Å². The van der Waals surface area contributed by atoms with E-state index < -0.39 is 36.4 Å². The molecule has 1 saturated heterocycles. The lowest BCUT2D eigenvalue weighted by atomic mass is 10.1. The maximum atomic E-state index is 12.7. The molecule has 7 nitrogen and oxygen atoms in total. The third-order valence-electron chi connectivity index (χ3n) is 4.76. The van der Waals surface area contributed by atoms with E-state index in [2.05, 4.69) is 16.6 Å². The molecule has 0 aromatic rings. The van der Waals surface area contributed by atoms with Crippen molar-refractivity contribution in [2.24, 2.45) is 5.92 Å². The Labute approximate surface area is 155 Å². The fourth-order valence-corrected chi connectivity index (χ4v) is 2.83. The second-order valence-electron chi connectivity index (χ2n) is 7.25. The molecule has 1 saturated carbocycles. The van der Waals surface area contributed by atoms with Crippen LogP contribution in [0.4, 0.5) is 18.0 Å². The summed E-state index contributed by atoms with van der Waals surface area (Å²) in [4.78, 5) is 37.5. The Balaban J connectivity index is 1.83. The summed E-state index contributed by atoms with van der Waals surface area (Å²) in [5, 5.41) is 4.87. The minimum Gasteiger partial charge on any atom is -0.434 e. The highest BCUT2D eigenvalue weighted by molar-refractivity contribution is 5.90. The second-order valence-corrected chi connectivity index (χ2v) is 7.25. The number of rotatable bonds is 6. The van der Waals surface area contributed by atoms with Crippen LogP contribution in [-0.2, 0) is 14.3 Å². The number of ether oxygens (including phenoxy) is 1. The molecule has 0 aromatic heterocycles. The van der Waals surface area contributed by atoms with Crippen molar-refractivity contribution >= 4 is 17.9 Å². The van der Waals surface area contributed by atoms with Crippen molar-refractivity contribution in [1.29, 1.82) is 0 Å². The van der Waals surface area contributed by atoms with E-state index in [1.54, 1.807) is 6.08 Å². The van der Waals surface area contributed by atoms with E-state index in [9.17, 15) is 27.6 Å². The van der Waals surface area contributed by atoms with Gasteiger partial charge in [0.15, 0.2) is 0 Å². The lowest BCUT2D eigenvalue weighted by Crippen LogP contribution is -2.51. The molecule has 0 spiro atoms. The maximum Gasteiger partial charge on any atom is 0.427 e. The summed E-state index contributed by atoms with van der Waals surface area (Å²) in [5.74, 6) is -0.575. The minimum atomic E-state index is -4.74. The summed E-state index contributed by atoms with van der Waals surface area (Å²) in [5.41, 5.74) is -2.68. The quantitative estimate of drug-likeness (QED) is 0.675. The van der Waals surface area contributed by atoms with E-state index in [0.717, 1.165) is 6.42 Å². The van der Waals surface area contributed by atoms with Crippen LogP contribution >= 0.6 is 0 Å². The molecule has 10 heteroatoms. The number of amides is 3. The molecule has 3 amide bonds. The standard InChI is InChI=1S/C17H24F3N3O4/c1-4-10-8-11(10)22-14(25)12-6-5-7-23(12)13(24)9-21-15(26)27-16(2,3)17(18,19)20/h4,10-12H,1,5-9H2,2-3H3,(H,21,26)(H,22,25)/t10-,11?,12+/m1/s1. The predicted molar refractivity (Wildman–Crippen MR) is 89.6 cm³/mol. The molecule has 1 aliphatic heterocycles. The van der Waals surface area contributed by atoms with Crippen LogP contribution < -0.4 is 10.6 Å². The Morgan fingerprint density at radius 2 is 1.96 bits per heavy atom. The molecule has 27 heavy (non-hydrogen) atoms. The zero-order chi connectivity index (χ0) is 20.4. The molecule has 0 radical (unpaired) electrons. The van der Waals surface area contributed by atoms with Crippen molar-refractivity contribution in [3.05, 3.63) is 12.7 Å². The van der Waals surface area contributed by atoms with Crippen molar-refractivity contribution in [2.45, 2.75) is 57.0 Å². The normalized spacial score (nSPS) is 24.9. The fraction of sp³-hybridized carbons (Fsp3) is 0.706. The minimum absolute atomic E-state index is 0.0326. The van der Waals surface area contributed by atoms with Crippen LogP contribution in [-0.4, -0.2) is 59.8 Å². The van der Waals surface area contributed by atoms with E-state index in [0.29, 0.717) is 33.2 Å². The molecule has 2 fully saturated rings. The van der Waals surface area contributed by atoms with E-state index in [1.807, 2.05) is 5.32 Å². The third-order valence-corrected chi connectivity index (χ3v) is 4.76. The molecule has 0 aromatic carbocycles. The zero-order valence-electron chi connectivity index (χ0n) is 15.3. The predicted octanol–water partition coefficient (Wildman–Crippen LogP) is 1.74. The van der Waals surface area contributed by atoms with E-state index >= 15 is 0 Å². The van der Waals surface area contributed by atoms with Crippen LogP contribution in [0.3, 0.4) is 0 Å². The Kier molecular flexibility index (Phi) is 6.06. The largest absolute Gasteiger partial charge is 0.434 e. The first-order valence-corrected chi connectivity index (χ1v) is 8.72. The van der Waals surface area contributed by atoms with Crippen LogP contribution in [0.5, 0.6) is 0 Å². The van der Waals surface area contributed by atoms with Gasteiger partial charge in [-0.25, -0.2) is 4.79 Å². The van der Waals surface area contributed by atoms with Crippen LogP contribution in [0, 0.1) is 5.92 Å².